The number of anilines is 1. The number of aryl methyl sites for hydroxylation is 2. The summed E-state index contributed by atoms with van der Waals surface area (Å²) in [5, 5.41) is 4.12. The van der Waals surface area contributed by atoms with Crippen LogP contribution >= 0.6 is 0 Å². The molecule has 6 heteroatoms. The van der Waals surface area contributed by atoms with Gasteiger partial charge in [-0.3, -0.25) is 13.9 Å². The predicted octanol–water partition coefficient (Wildman–Crippen LogP) is 1.94. The van der Waals surface area contributed by atoms with Gasteiger partial charge in [0.25, 0.3) is 5.56 Å². The van der Waals surface area contributed by atoms with Gasteiger partial charge in [0.05, 0.1) is 5.69 Å². The predicted molar refractivity (Wildman–Crippen MR) is 92.1 cm³/mol. The summed E-state index contributed by atoms with van der Waals surface area (Å²) in [6, 6.07) is 0.390. The van der Waals surface area contributed by atoms with E-state index in [-0.39, 0.29) is 11.2 Å². The van der Waals surface area contributed by atoms with Gasteiger partial charge in [-0.1, -0.05) is 26.2 Å². The van der Waals surface area contributed by atoms with E-state index in [1.54, 1.807) is 13.2 Å². The minimum absolute atomic E-state index is 0.274. The van der Waals surface area contributed by atoms with Gasteiger partial charge in [0, 0.05) is 26.3 Å². The number of hydrogen-bond acceptors (Lipinski definition) is 4. The molecule has 0 aliphatic heterocycles. The normalized spacial score (nSPS) is 16.0. The Morgan fingerprint density at radius 1 is 1.17 bits per heavy atom. The summed E-state index contributed by atoms with van der Waals surface area (Å²) >= 11 is 0. The Morgan fingerprint density at radius 2 is 1.87 bits per heavy atom. The molecular weight excluding hydrogens is 292 g/mol. The van der Waals surface area contributed by atoms with Crippen molar-refractivity contribution in [2.24, 2.45) is 14.1 Å². The monoisotopic (exact) mass is 316 g/mol. The quantitative estimate of drug-likeness (QED) is 0.939. The van der Waals surface area contributed by atoms with Crippen LogP contribution < -0.4 is 16.6 Å². The molecule has 2 heterocycles. The highest BCUT2D eigenvalue weighted by Crippen LogP contribution is 2.27. The number of aromatic nitrogens is 3. The average molecular weight is 316 g/mol. The van der Waals surface area contributed by atoms with E-state index in [1.807, 2.05) is 0 Å². The highest BCUT2D eigenvalue weighted by Gasteiger charge is 2.20. The Kier molecular flexibility index (Phi) is 4.24. The molecule has 23 heavy (non-hydrogen) atoms. The minimum Gasteiger partial charge on any atom is -0.381 e. The van der Waals surface area contributed by atoms with Crippen LogP contribution in [0.5, 0.6) is 0 Å². The molecule has 0 unspecified atom stereocenters. The summed E-state index contributed by atoms with van der Waals surface area (Å²) < 4.78 is 2.61. The van der Waals surface area contributed by atoms with Crippen LogP contribution in [0.1, 0.15) is 44.6 Å². The van der Waals surface area contributed by atoms with Gasteiger partial charge in [0.15, 0.2) is 5.65 Å². The molecule has 3 rings (SSSR count). The summed E-state index contributed by atoms with van der Waals surface area (Å²) in [6.45, 7) is 2.06. The molecule has 0 bridgehead atoms. The second-order valence-electron chi connectivity index (χ2n) is 6.40. The Bertz CT molecular complexity index is 844. The minimum atomic E-state index is -0.345. The number of hydrogen-bond donors (Lipinski definition) is 1. The second kappa shape index (κ2) is 6.18. The molecule has 1 aliphatic rings. The molecule has 1 aliphatic carbocycles. The lowest BCUT2D eigenvalue weighted by atomic mass is 9.95. The molecule has 0 spiro atoms. The van der Waals surface area contributed by atoms with Crippen molar-refractivity contribution >= 4 is 16.7 Å². The van der Waals surface area contributed by atoms with Gasteiger partial charge in [0.1, 0.15) is 5.39 Å². The van der Waals surface area contributed by atoms with Gasteiger partial charge in [-0.25, -0.2) is 9.78 Å². The second-order valence-corrected chi connectivity index (χ2v) is 6.40. The Labute approximate surface area is 135 Å². The maximum absolute atomic E-state index is 12.7. The summed E-state index contributed by atoms with van der Waals surface area (Å²) in [6.07, 6.45) is 8.55. The zero-order chi connectivity index (χ0) is 16.6. The van der Waals surface area contributed by atoms with E-state index in [0.29, 0.717) is 17.1 Å². The first kappa shape index (κ1) is 15.8. The van der Waals surface area contributed by atoms with E-state index in [1.165, 1.54) is 30.9 Å². The SMILES string of the molecule is CCc1cnc2c(c1NC1CCCCC1)c(=O)n(C)c(=O)n2C. The first-order chi connectivity index (χ1) is 11.0. The highest BCUT2D eigenvalue weighted by molar-refractivity contribution is 5.90. The fourth-order valence-electron chi connectivity index (χ4n) is 3.45. The third-order valence-electron chi connectivity index (χ3n) is 4.88. The van der Waals surface area contributed by atoms with Crippen molar-refractivity contribution in [2.45, 2.75) is 51.5 Å². The molecule has 6 nitrogen and oxygen atoms in total. The molecule has 2 aromatic heterocycles. The summed E-state index contributed by atoms with van der Waals surface area (Å²) in [5.41, 5.74) is 1.72. The van der Waals surface area contributed by atoms with Crippen LogP contribution in [0.25, 0.3) is 11.0 Å². The van der Waals surface area contributed by atoms with E-state index in [0.717, 1.165) is 35.1 Å². The van der Waals surface area contributed by atoms with Crippen molar-refractivity contribution in [2.75, 3.05) is 5.32 Å². The molecule has 124 valence electrons. The lowest BCUT2D eigenvalue weighted by molar-refractivity contribution is 0.462. The molecule has 0 amide bonds. The van der Waals surface area contributed by atoms with Crippen molar-refractivity contribution in [1.82, 2.24) is 14.1 Å². The van der Waals surface area contributed by atoms with Crippen LogP contribution in [0.4, 0.5) is 5.69 Å². The van der Waals surface area contributed by atoms with Crippen LogP contribution in [0.3, 0.4) is 0 Å². The van der Waals surface area contributed by atoms with Gasteiger partial charge in [-0.15, -0.1) is 0 Å². The van der Waals surface area contributed by atoms with Crippen LogP contribution in [0.15, 0.2) is 15.8 Å². The number of pyridine rings is 1. The zero-order valence-electron chi connectivity index (χ0n) is 14.1. The molecule has 1 saturated carbocycles. The van der Waals surface area contributed by atoms with Gasteiger partial charge < -0.3 is 5.32 Å². The molecule has 0 atom stereocenters. The first-order valence-electron chi connectivity index (χ1n) is 8.38. The standard InChI is InChI=1S/C17H24N4O2/c1-4-11-10-18-15-13(16(22)21(3)17(23)20(15)2)14(11)19-12-8-6-5-7-9-12/h10,12H,4-9H2,1-3H3,(H,18,19). The van der Waals surface area contributed by atoms with Crippen molar-refractivity contribution < 1.29 is 0 Å². The average Bonchev–Trinajstić information content (AvgIpc) is 2.58. The molecular formula is C17H24N4O2. The maximum atomic E-state index is 12.7. The van der Waals surface area contributed by atoms with E-state index >= 15 is 0 Å². The molecule has 0 aromatic carbocycles. The largest absolute Gasteiger partial charge is 0.381 e. The van der Waals surface area contributed by atoms with E-state index in [2.05, 4.69) is 17.2 Å². The Balaban J connectivity index is 2.24. The van der Waals surface area contributed by atoms with Gasteiger partial charge in [-0.05, 0) is 24.8 Å². The summed E-state index contributed by atoms with van der Waals surface area (Å²) in [7, 11) is 3.18. The van der Waals surface area contributed by atoms with Gasteiger partial charge >= 0.3 is 5.69 Å². The fraction of sp³-hybridized carbons (Fsp3) is 0.588. The van der Waals surface area contributed by atoms with Crippen LogP contribution in [-0.4, -0.2) is 20.2 Å². The molecule has 1 N–H and O–H groups in total. The Morgan fingerprint density at radius 3 is 2.52 bits per heavy atom. The van der Waals surface area contributed by atoms with E-state index in [9.17, 15) is 9.59 Å². The maximum Gasteiger partial charge on any atom is 0.332 e. The third-order valence-corrected chi connectivity index (χ3v) is 4.88. The first-order valence-corrected chi connectivity index (χ1v) is 8.38. The zero-order valence-corrected chi connectivity index (χ0v) is 14.1. The van der Waals surface area contributed by atoms with E-state index in [4.69, 9.17) is 0 Å². The third kappa shape index (κ3) is 2.66. The fourth-order valence-corrected chi connectivity index (χ4v) is 3.45. The van der Waals surface area contributed by atoms with Gasteiger partial charge in [0.2, 0.25) is 0 Å². The van der Waals surface area contributed by atoms with Crippen LogP contribution in [-0.2, 0) is 20.5 Å². The smallest absolute Gasteiger partial charge is 0.332 e. The van der Waals surface area contributed by atoms with Crippen molar-refractivity contribution in [3.63, 3.8) is 0 Å². The number of fused-ring (bicyclic) bond motifs is 1. The lowest BCUT2D eigenvalue weighted by Crippen LogP contribution is -2.38. The summed E-state index contributed by atoms with van der Waals surface area (Å²) in [4.78, 5) is 29.2. The van der Waals surface area contributed by atoms with Crippen LogP contribution in [0, 0.1) is 0 Å². The summed E-state index contributed by atoms with van der Waals surface area (Å²) in [5.74, 6) is 0. The highest BCUT2D eigenvalue weighted by atomic mass is 16.2. The molecule has 0 radical (unpaired) electrons. The van der Waals surface area contributed by atoms with Crippen molar-refractivity contribution in [3.05, 3.63) is 32.6 Å². The van der Waals surface area contributed by atoms with Crippen LogP contribution in [0.2, 0.25) is 0 Å². The number of nitrogens with zero attached hydrogens (tertiary/aromatic N) is 3. The molecule has 2 aromatic rings. The molecule has 0 saturated heterocycles. The number of nitrogens with one attached hydrogen (secondary N) is 1. The van der Waals surface area contributed by atoms with Crippen molar-refractivity contribution in [3.8, 4) is 0 Å². The Hall–Kier alpha value is -2.11. The van der Waals surface area contributed by atoms with Crippen molar-refractivity contribution in [1.29, 1.82) is 0 Å². The van der Waals surface area contributed by atoms with E-state index < -0.39 is 0 Å². The number of rotatable bonds is 3. The topological polar surface area (TPSA) is 68.9 Å². The molecule has 1 fully saturated rings. The lowest BCUT2D eigenvalue weighted by Gasteiger charge is -2.26. The van der Waals surface area contributed by atoms with Gasteiger partial charge in [-0.2, -0.15) is 0 Å².